The van der Waals surface area contributed by atoms with Gasteiger partial charge in [0.15, 0.2) is 0 Å². The number of nitrogens with zero attached hydrogens (tertiary/aromatic N) is 5. The summed E-state index contributed by atoms with van der Waals surface area (Å²) in [5.74, 6) is 0. The molecule has 1 atom stereocenters. The third kappa shape index (κ3) is 3.42. The molecule has 2 aliphatic rings. The molecule has 0 spiro atoms. The normalized spacial score (nSPS) is 22.8. The van der Waals surface area contributed by atoms with Gasteiger partial charge in [0.2, 0.25) is 0 Å². The fraction of sp³-hybridized carbons (Fsp3) is 0.588. The van der Waals surface area contributed by atoms with Crippen LogP contribution in [0.4, 0.5) is 0 Å². The predicted molar refractivity (Wildman–Crippen MR) is 87.5 cm³/mol. The lowest BCUT2D eigenvalue weighted by Gasteiger charge is -2.38. The van der Waals surface area contributed by atoms with Crippen molar-refractivity contribution in [3.05, 3.63) is 36.4 Å². The van der Waals surface area contributed by atoms with Crippen LogP contribution in [0.3, 0.4) is 0 Å². The zero-order valence-corrected chi connectivity index (χ0v) is 13.8. The molecule has 128 valence electrons. The van der Waals surface area contributed by atoms with E-state index in [4.69, 9.17) is 9.47 Å². The molecule has 4 rings (SSSR count). The number of ether oxygens (including phenoxy) is 2. The topological polar surface area (TPSA) is 65.3 Å². The van der Waals surface area contributed by atoms with Gasteiger partial charge in [0.05, 0.1) is 5.69 Å². The second-order valence-corrected chi connectivity index (χ2v) is 6.35. The molecule has 4 heterocycles. The fourth-order valence-corrected chi connectivity index (χ4v) is 3.60. The van der Waals surface area contributed by atoms with Crippen molar-refractivity contribution in [2.45, 2.75) is 44.4 Å². The van der Waals surface area contributed by atoms with Gasteiger partial charge in [-0.25, -0.2) is 9.97 Å². The average Bonchev–Trinajstić information content (AvgIpc) is 3.02. The van der Waals surface area contributed by atoms with Gasteiger partial charge in [0.25, 0.3) is 0 Å². The summed E-state index contributed by atoms with van der Waals surface area (Å²) in [7, 11) is 0. The highest BCUT2D eigenvalue weighted by Gasteiger charge is 2.31. The number of hydrogen-bond donors (Lipinski definition) is 0. The lowest BCUT2D eigenvalue weighted by molar-refractivity contribution is 0.00154. The molecule has 24 heavy (non-hydrogen) atoms. The Kier molecular flexibility index (Phi) is 4.71. The molecule has 0 bridgehead atoms. The first-order valence-electron chi connectivity index (χ1n) is 8.64. The maximum atomic E-state index is 5.87. The number of aromatic nitrogens is 4. The van der Waals surface area contributed by atoms with Gasteiger partial charge in [-0.2, -0.15) is 5.10 Å². The first-order valence-corrected chi connectivity index (χ1v) is 8.64. The van der Waals surface area contributed by atoms with E-state index in [9.17, 15) is 0 Å². The summed E-state index contributed by atoms with van der Waals surface area (Å²) in [5.41, 5.74) is 1.28. The second kappa shape index (κ2) is 7.27. The van der Waals surface area contributed by atoms with Gasteiger partial charge in [-0.05, 0) is 31.4 Å². The van der Waals surface area contributed by atoms with E-state index in [-0.39, 0.29) is 0 Å². The quantitative estimate of drug-likeness (QED) is 0.847. The van der Waals surface area contributed by atoms with Crippen molar-refractivity contribution >= 4 is 0 Å². The summed E-state index contributed by atoms with van der Waals surface area (Å²) >= 11 is 0. The summed E-state index contributed by atoms with van der Waals surface area (Å²) in [6.07, 6.45) is 8.48. The summed E-state index contributed by atoms with van der Waals surface area (Å²) in [6, 6.07) is 5.23. The molecule has 2 aromatic rings. The minimum Gasteiger partial charge on any atom is -0.462 e. The van der Waals surface area contributed by atoms with E-state index in [1.54, 1.807) is 18.5 Å². The van der Waals surface area contributed by atoms with Gasteiger partial charge >= 0.3 is 6.01 Å². The highest BCUT2D eigenvalue weighted by atomic mass is 16.5. The third-order valence-corrected chi connectivity index (χ3v) is 4.90. The monoisotopic (exact) mass is 329 g/mol. The number of fused-ring (bicyclic) bond motifs is 1. The Morgan fingerprint density at radius 2 is 1.96 bits per heavy atom. The lowest BCUT2D eigenvalue weighted by atomic mass is 10.0. The van der Waals surface area contributed by atoms with Crippen LogP contribution in [0.5, 0.6) is 6.01 Å². The molecule has 7 nitrogen and oxygen atoms in total. The predicted octanol–water partition coefficient (Wildman–Crippen LogP) is 1.51. The summed E-state index contributed by atoms with van der Waals surface area (Å²) in [5, 5.41) is 4.45. The molecule has 1 saturated heterocycles. The van der Waals surface area contributed by atoms with Crippen LogP contribution in [-0.4, -0.2) is 56.6 Å². The third-order valence-electron chi connectivity index (χ3n) is 4.90. The standard InChI is InChI=1S/C17H23N5O2/c1-6-18-17(19-7-1)24-13-16-3-9-22-15(2-8-20-22)12-21(16)14-4-10-23-11-5-14/h1-2,6-8,14,16H,3-5,9-13H2/t16-/m0/s1. The maximum absolute atomic E-state index is 5.87. The van der Waals surface area contributed by atoms with Crippen molar-refractivity contribution in [1.82, 2.24) is 24.6 Å². The zero-order valence-electron chi connectivity index (χ0n) is 13.8. The Balaban J connectivity index is 1.49. The molecule has 7 heteroatoms. The Bertz CT molecular complexity index is 641. The minimum atomic E-state index is 0.332. The first kappa shape index (κ1) is 15.5. The van der Waals surface area contributed by atoms with Crippen molar-refractivity contribution in [1.29, 1.82) is 0 Å². The van der Waals surface area contributed by atoms with Crippen LogP contribution in [0.15, 0.2) is 30.7 Å². The highest BCUT2D eigenvalue weighted by molar-refractivity contribution is 5.04. The molecular weight excluding hydrogens is 306 g/mol. The van der Waals surface area contributed by atoms with E-state index < -0.39 is 0 Å². The molecule has 0 amide bonds. The highest BCUT2D eigenvalue weighted by Crippen LogP contribution is 2.25. The van der Waals surface area contributed by atoms with Crippen molar-refractivity contribution in [2.75, 3.05) is 19.8 Å². The van der Waals surface area contributed by atoms with E-state index in [0.29, 0.717) is 24.7 Å². The Labute approximate surface area is 141 Å². The zero-order chi connectivity index (χ0) is 16.2. The molecular formula is C17H23N5O2. The van der Waals surface area contributed by atoms with Gasteiger partial charge in [-0.1, -0.05) is 0 Å². The largest absolute Gasteiger partial charge is 0.462 e. The van der Waals surface area contributed by atoms with Crippen LogP contribution in [0.25, 0.3) is 0 Å². The molecule has 1 fully saturated rings. The van der Waals surface area contributed by atoms with Crippen molar-refractivity contribution in [3.8, 4) is 6.01 Å². The Morgan fingerprint density at radius 3 is 2.79 bits per heavy atom. The van der Waals surface area contributed by atoms with E-state index >= 15 is 0 Å². The number of rotatable bonds is 4. The lowest BCUT2D eigenvalue weighted by Crippen LogP contribution is -2.47. The van der Waals surface area contributed by atoms with E-state index in [2.05, 4.69) is 30.7 Å². The number of hydrogen-bond acceptors (Lipinski definition) is 6. The summed E-state index contributed by atoms with van der Waals surface area (Å²) in [6.45, 7) is 4.12. The maximum Gasteiger partial charge on any atom is 0.316 e. The van der Waals surface area contributed by atoms with Crippen molar-refractivity contribution in [2.24, 2.45) is 0 Å². The minimum absolute atomic E-state index is 0.332. The van der Waals surface area contributed by atoms with Crippen molar-refractivity contribution in [3.63, 3.8) is 0 Å². The van der Waals surface area contributed by atoms with Gasteiger partial charge in [-0.15, -0.1) is 0 Å². The van der Waals surface area contributed by atoms with Crippen LogP contribution >= 0.6 is 0 Å². The van der Waals surface area contributed by atoms with Crippen LogP contribution in [0.1, 0.15) is 25.0 Å². The van der Waals surface area contributed by atoms with E-state index in [1.165, 1.54) is 5.69 Å². The molecule has 0 saturated carbocycles. The summed E-state index contributed by atoms with van der Waals surface area (Å²) < 4.78 is 13.5. The Morgan fingerprint density at radius 1 is 1.12 bits per heavy atom. The fourth-order valence-electron chi connectivity index (χ4n) is 3.60. The SMILES string of the molecule is c1cnc(OC[C@@H]2CCn3nccc3CN2C2CCOCC2)nc1. The van der Waals surface area contributed by atoms with Crippen LogP contribution in [0, 0.1) is 0 Å². The molecule has 2 aliphatic heterocycles. The number of aryl methyl sites for hydroxylation is 1. The molecule has 0 N–H and O–H groups in total. The smallest absolute Gasteiger partial charge is 0.316 e. The molecule has 0 aromatic carbocycles. The van der Waals surface area contributed by atoms with E-state index in [0.717, 1.165) is 45.6 Å². The van der Waals surface area contributed by atoms with Crippen LogP contribution in [-0.2, 0) is 17.8 Å². The van der Waals surface area contributed by atoms with Gasteiger partial charge in [-0.3, -0.25) is 9.58 Å². The molecule has 0 radical (unpaired) electrons. The van der Waals surface area contributed by atoms with E-state index in [1.807, 2.05) is 6.20 Å². The second-order valence-electron chi connectivity index (χ2n) is 6.35. The van der Waals surface area contributed by atoms with Crippen molar-refractivity contribution < 1.29 is 9.47 Å². The first-order chi connectivity index (χ1) is 11.9. The molecule has 0 unspecified atom stereocenters. The van der Waals surface area contributed by atoms with Crippen LogP contribution in [0.2, 0.25) is 0 Å². The Hall–Kier alpha value is -1.99. The molecule has 0 aliphatic carbocycles. The summed E-state index contributed by atoms with van der Waals surface area (Å²) in [4.78, 5) is 10.9. The van der Waals surface area contributed by atoms with Gasteiger partial charge < -0.3 is 9.47 Å². The van der Waals surface area contributed by atoms with Gasteiger partial charge in [0.1, 0.15) is 6.61 Å². The average molecular weight is 329 g/mol. The van der Waals surface area contributed by atoms with Crippen LogP contribution < -0.4 is 4.74 Å². The molecule has 2 aromatic heterocycles. The van der Waals surface area contributed by atoms with Gasteiger partial charge in [0, 0.05) is 57.0 Å².